The van der Waals surface area contributed by atoms with Gasteiger partial charge in [0.25, 0.3) is 0 Å². The van der Waals surface area contributed by atoms with Gasteiger partial charge in [0.15, 0.2) is 5.78 Å². The van der Waals surface area contributed by atoms with Crippen molar-refractivity contribution in [1.82, 2.24) is 4.90 Å². The number of carbonyl (C=O) groups excluding carboxylic acids is 4. The van der Waals surface area contributed by atoms with Gasteiger partial charge in [0.05, 0.1) is 38.0 Å². The molecule has 3 fully saturated rings. The van der Waals surface area contributed by atoms with Crippen molar-refractivity contribution in [2.75, 3.05) is 26.9 Å². The molecular weight excluding hydrogens is 462 g/mol. The Morgan fingerprint density at radius 3 is 2.42 bits per heavy atom. The highest BCUT2D eigenvalue weighted by atomic mass is 16.6. The zero-order valence-corrected chi connectivity index (χ0v) is 23.0. The third-order valence-electron chi connectivity index (χ3n) is 8.15. The molecule has 2 saturated heterocycles. The van der Waals surface area contributed by atoms with Gasteiger partial charge >= 0.3 is 11.9 Å². The van der Waals surface area contributed by atoms with Crippen molar-refractivity contribution in [1.29, 1.82) is 0 Å². The van der Waals surface area contributed by atoms with E-state index in [1.165, 1.54) is 7.11 Å². The average Bonchev–Trinajstić information content (AvgIpc) is 3.12. The number of carbonyl (C=O) groups is 4. The summed E-state index contributed by atoms with van der Waals surface area (Å²) in [6.45, 7) is 10.8. The zero-order valence-electron chi connectivity index (χ0n) is 23.0. The molecule has 0 unspecified atom stereocenters. The number of fused-ring (bicyclic) bond motifs is 3. The SMILES string of the molecule is COC(=O)[C@@H]1CCCCCCCOC[C@H](CC(=O)OC(C)(C)C)C(=O)N2C[C@H]3[C@@H]([C@H]2C(=O)C1)C3(C)C. The highest BCUT2D eigenvalue weighted by molar-refractivity contribution is 5.94. The van der Waals surface area contributed by atoms with Gasteiger partial charge in [-0.3, -0.25) is 19.2 Å². The molecule has 8 heteroatoms. The third-order valence-corrected chi connectivity index (χ3v) is 8.15. The number of methoxy groups -OCH3 is 1. The summed E-state index contributed by atoms with van der Waals surface area (Å²) >= 11 is 0. The largest absolute Gasteiger partial charge is 0.469 e. The fraction of sp³-hybridized carbons (Fsp3) is 0.857. The van der Waals surface area contributed by atoms with E-state index in [0.717, 1.165) is 32.1 Å². The second-order valence-electron chi connectivity index (χ2n) is 12.4. The van der Waals surface area contributed by atoms with Gasteiger partial charge in [-0.25, -0.2) is 0 Å². The summed E-state index contributed by atoms with van der Waals surface area (Å²) in [5.74, 6) is -2.02. The Bertz CT molecular complexity index is 830. The second-order valence-corrected chi connectivity index (χ2v) is 12.4. The van der Waals surface area contributed by atoms with Crippen molar-refractivity contribution in [3.8, 4) is 0 Å². The predicted molar refractivity (Wildman–Crippen MR) is 134 cm³/mol. The molecule has 0 radical (unpaired) electrons. The van der Waals surface area contributed by atoms with Crippen LogP contribution in [0.5, 0.6) is 0 Å². The van der Waals surface area contributed by atoms with Crippen LogP contribution in [0.3, 0.4) is 0 Å². The van der Waals surface area contributed by atoms with Crippen LogP contribution in [0.2, 0.25) is 0 Å². The summed E-state index contributed by atoms with van der Waals surface area (Å²) in [4.78, 5) is 54.3. The van der Waals surface area contributed by atoms with E-state index >= 15 is 0 Å². The van der Waals surface area contributed by atoms with Crippen molar-refractivity contribution < 1.29 is 33.4 Å². The van der Waals surface area contributed by atoms with E-state index in [1.807, 2.05) is 0 Å². The van der Waals surface area contributed by atoms with Crippen LogP contribution in [0, 0.1) is 29.1 Å². The van der Waals surface area contributed by atoms with Gasteiger partial charge in [0.1, 0.15) is 5.60 Å². The number of rotatable bonds is 3. The number of piperidine rings is 1. The minimum Gasteiger partial charge on any atom is -0.469 e. The summed E-state index contributed by atoms with van der Waals surface area (Å²) in [5.41, 5.74) is -0.685. The van der Waals surface area contributed by atoms with Gasteiger partial charge in [-0.2, -0.15) is 0 Å². The maximum Gasteiger partial charge on any atom is 0.309 e. The number of ketones is 1. The van der Waals surface area contributed by atoms with E-state index in [9.17, 15) is 19.2 Å². The molecule has 0 aromatic rings. The van der Waals surface area contributed by atoms with Crippen LogP contribution in [0.1, 0.15) is 86.0 Å². The predicted octanol–water partition coefficient (Wildman–Crippen LogP) is 3.94. The molecule has 0 aromatic carbocycles. The van der Waals surface area contributed by atoms with Gasteiger partial charge < -0.3 is 19.1 Å². The Labute approximate surface area is 215 Å². The van der Waals surface area contributed by atoms with Crippen LogP contribution in [-0.4, -0.2) is 67.0 Å². The first-order valence-corrected chi connectivity index (χ1v) is 13.6. The first-order valence-electron chi connectivity index (χ1n) is 13.6. The smallest absolute Gasteiger partial charge is 0.309 e. The minimum absolute atomic E-state index is 0.0319. The van der Waals surface area contributed by atoms with Gasteiger partial charge in [0.2, 0.25) is 5.91 Å². The van der Waals surface area contributed by atoms with Crippen LogP contribution in [0.4, 0.5) is 0 Å². The Morgan fingerprint density at radius 1 is 1.08 bits per heavy atom. The molecule has 2 aliphatic heterocycles. The highest BCUT2D eigenvalue weighted by Crippen LogP contribution is 2.65. The van der Waals surface area contributed by atoms with Gasteiger partial charge in [0, 0.05) is 19.6 Å². The molecule has 204 valence electrons. The fourth-order valence-corrected chi connectivity index (χ4v) is 6.10. The minimum atomic E-state index is -0.708. The third kappa shape index (κ3) is 6.87. The average molecular weight is 508 g/mol. The molecule has 2 heterocycles. The molecule has 3 rings (SSSR count). The van der Waals surface area contributed by atoms with E-state index in [-0.39, 0.29) is 54.4 Å². The molecule has 1 amide bonds. The number of ether oxygens (including phenoxy) is 3. The Morgan fingerprint density at radius 2 is 1.75 bits per heavy atom. The van der Waals surface area contributed by atoms with Crippen molar-refractivity contribution >= 4 is 23.6 Å². The lowest BCUT2D eigenvalue weighted by molar-refractivity contribution is -0.160. The maximum absolute atomic E-state index is 13.8. The maximum atomic E-state index is 13.8. The lowest BCUT2D eigenvalue weighted by Gasteiger charge is -2.33. The van der Waals surface area contributed by atoms with Crippen LogP contribution in [0.15, 0.2) is 0 Å². The molecule has 3 aliphatic rings. The molecular formula is C28H45NO7. The van der Waals surface area contributed by atoms with E-state index in [4.69, 9.17) is 14.2 Å². The molecule has 0 N–H and O–H groups in total. The lowest BCUT2D eigenvalue weighted by atomic mass is 9.89. The topological polar surface area (TPSA) is 99.2 Å². The van der Waals surface area contributed by atoms with E-state index < -0.39 is 29.4 Å². The summed E-state index contributed by atoms with van der Waals surface area (Å²) in [7, 11) is 1.36. The Hall–Kier alpha value is -1.96. The normalized spacial score (nSPS) is 31.8. The van der Waals surface area contributed by atoms with Crippen LogP contribution in [0.25, 0.3) is 0 Å². The quantitative estimate of drug-likeness (QED) is 0.534. The first-order chi connectivity index (χ1) is 16.9. The summed E-state index contributed by atoms with van der Waals surface area (Å²) in [5, 5.41) is 0. The highest BCUT2D eigenvalue weighted by Gasteiger charge is 2.69. The molecule has 0 aromatic heterocycles. The van der Waals surface area contributed by atoms with Crippen molar-refractivity contribution in [3.05, 3.63) is 0 Å². The number of amides is 1. The van der Waals surface area contributed by atoms with Crippen LogP contribution >= 0.6 is 0 Å². The summed E-state index contributed by atoms with van der Waals surface area (Å²) < 4.78 is 16.4. The van der Waals surface area contributed by atoms with E-state index in [0.29, 0.717) is 19.6 Å². The summed E-state index contributed by atoms with van der Waals surface area (Å²) in [6, 6.07) is -0.585. The number of Topliss-reactive ketones (excluding diaryl/α,β-unsaturated/α-hetero) is 1. The van der Waals surface area contributed by atoms with E-state index in [2.05, 4.69) is 13.8 Å². The summed E-state index contributed by atoms with van der Waals surface area (Å²) in [6.07, 6.45) is 5.31. The van der Waals surface area contributed by atoms with Crippen LogP contribution < -0.4 is 0 Å². The number of hydrogen-bond donors (Lipinski definition) is 0. The second kappa shape index (κ2) is 11.6. The van der Waals surface area contributed by atoms with Gasteiger partial charge in [-0.1, -0.05) is 39.5 Å². The molecule has 1 saturated carbocycles. The molecule has 5 atom stereocenters. The molecule has 0 spiro atoms. The van der Waals surface area contributed by atoms with Crippen molar-refractivity contribution in [2.24, 2.45) is 29.1 Å². The Balaban J connectivity index is 1.84. The van der Waals surface area contributed by atoms with Crippen molar-refractivity contribution in [3.63, 3.8) is 0 Å². The number of hydrogen-bond acceptors (Lipinski definition) is 7. The van der Waals surface area contributed by atoms with Gasteiger partial charge in [-0.15, -0.1) is 0 Å². The Kier molecular flexibility index (Phi) is 9.23. The first kappa shape index (κ1) is 28.6. The monoisotopic (exact) mass is 507 g/mol. The molecule has 8 nitrogen and oxygen atoms in total. The van der Waals surface area contributed by atoms with E-state index in [1.54, 1.807) is 25.7 Å². The standard InChI is InChI=1S/C28H45NO7/c1-27(2,3)36-22(31)15-19-17-35-13-11-9-7-8-10-12-18(26(33)34-6)14-21(30)24-23-20(28(23,4)5)16-29(24)25(19)32/h18-20,23-24H,7-17H2,1-6H3/t18-,19+,20+,23+,24-/m1/s1. The van der Waals surface area contributed by atoms with Gasteiger partial charge in [-0.05, 0) is 50.9 Å². The van der Waals surface area contributed by atoms with Crippen molar-refractivity contribution in [2.45, 2.75) is 97.6 Å². The molecule has 1 aliphatic carbocycles. The zero-order chi connectivity index (χ0) is 26.7. The lowest BCUT2D eigenvalue weighted by Crippen LogP contribution is -2.49. The fourth-order valence-electron chi connectivity index (χ4n) is 6.10. The molecule has 0 bridgehead atoms. The molecule has 36 heavy (non-hydrogen) atoms. The number of esters is 2. The number of nitrogens with zero attached hydrogens (tertiary/aromatic N) is 1. The van der Waals surface area contributed by atoms with Crippen LogP contribution in [-0.2, 0) is 33.4 Å².